The van der Waals surface area contributed by atoms with Gasteiger partial charge in [0.05, 0.1) is 6.54 Å². The molecule has 90 valence electrons. The van der Waals surface area contributed by atoms with Crippen LogP contribution in [-0.4, -0.2) is 30.8 Å². The maximum absolute atomic E-state index is 11.0. The molecule has 0 aliphatic heterocycles. The summed E-state index contributed by atoms with van der Waals surface area (Å²) >= 11 is 0. The molecule has 6 heteroatoms. The first-order chi connectivity index (χ1) is 7.35. The van der Waals surface area contributed by atoms with Gasteiger partial charge in [0.2, 0.25) is 5.91 Å². The van der Waals surface area contributed by atoms with Crippen molar-refractivity contribution >= 4 is 12.0 Å². The molecule has 2 amide bonds. The predicted octanol–water partition coefficient (Wildman–Crippen LogP) is 0.192. The molecule has 16 heavy (non-hydrogen) atoms. The van der Waals surface area contributed by atoms with Gasteiger partial charge in [0.1, 0.15) is 5.60 Å². The predicted molar refractivity (Wildman–Crippen MR) is 57.2 cm³/mol. The average Bonchev–Trinajstić information content (AvgIpc) is 2.11. The molecule has 0 aromatic rings. The van der Waals surface area contributed by atoms with Gasteiger partial charge < -0.3 is 10.1 Å². The smallest absolute Gasteiger partial charge is 0.431 e. The monoisotopic (exact) mass is 228 g/mol. The molecule has 0 unspecified atom stereocenters. The van der Waals surface area contributed by atoms with Crippen LogP contribution in [-0.2, 0) is 14.4 Å². The Morgan fingerprint density at radius 3 is 2.50 bits per heavy atom. The van der Waals surface area contributed by atoms with E-state index in [1.807, 2.05) is 5.48 Å². The zero-order valence-corrected chi connectivity index (χ0v) is 9.62. The zero-order chi connectivity index (χ0) is 12.6. The number of hydroxylamine groups is 1. The molecule has 0 aromatic heterocycles. The summed E-state index contributed by atoms with van der Waals surface area (Å²) in [5, 5.41) is 2.36. The fourth-order valence-corrected chi connectivity index (χ4v) is 0.660. The van der Waals surface area contributed by atoms with Gasteiger partial charge in [0, 0.05) is 0 Å². The minimum Gasteiger partial charge on any atom is -0.442 e. The van der Waals surface area contributed by atoms with Crippen molar-refractivity contribution in [2.75, 3.05) is 13.2 Å². The van der Waals surface area contributed by atoms with E-state index in [4.69, 9.17) is 11.2 Å². The molecule has 6 nitrogen and oxygen atoms in total. The normalized spacial score (nSPS) is 10.1. The van der Waals surface area contributed by atoms with Crippen LogP contribution in [0, 0.1) is 12.3 Å². The van der Waals surface area contributed by atoms with Crippen LogP contribution in [0.2, 0.25) is 0 Å². The number of nitrogens with one attached hydrogen (secondary N) is 2. The van der Waals surface area contributed by atoms with Crippen LogP contribution < -0.4 is 10.8 Å². The molecule has 0 radical (unpaired) electrons. The van der Waals surface area contributed by atoms with Gasteiger partial charge in [-0.1, -0.05) is 5.92 Å². The van der Waals surface area contributed by atoms with E-state index in [0.717, 1.165) is 0 Å². The van der Waals surface area contributed by atoms with Crippen LogP contribution in [0.5, 0.6) is 0 Å². The first kappa shape index (κ1) is 14.3. The lowest BCUT2D eigenvalue weighted by molar-refractivity contribution is -0.127. The molecule has 0 heterocycles. The van der Waals surface area contributed by atoms with Gasteiger partial charge in [0.15, 0.2) is 6.61 Å². The van der Waals surface area contributed by atoms with E-state index in [-0.39, 0.29) is 13.2 Å². The summed E-state index contributed by atoms with van der Waals surface area (Å²) in [7, 11) is 0. The molecule has 0 atom stereocenters. The summed E-state index contributed by atoms with van der Waals surface area (Å²) in [6.07, 6.45) is 4.18. The van der Waals surface area contributed by atoms with Gasteiger partial charge in [-0.3, -0.25) is 9.63 Å². The number of rotatable bonds is 4. The van der Waals surface area contributed by atoms with E-state index in [9.17, 15) is 9.59 Å². The average molecular weight is 228 g/mol. The Bertz CT molecular complexity index is 288. The highest BCUT2D eigenvalue weighted by Crippen LogP contribution is 2.06. The maximum Gasteiger partial charge on any atom is 0.431 e. The first-order valence-corrected chi connectivity index (χ1v) is 4.66. The number of terminal acetylenes is 1. The van der Waals surface area contributed by atoms with Crippen molar-refractivity contribution < 1.29 is 19.2 Å². The fourth-order valence-electron chi connectivity index (χ4n) is 0.660. The molecule has 0 spiro atoms. The lowest BCUT2D eigenvalue weighted by Gasteiger charge is -2.19. The molecule has 0 fully saturated rings. The van der Waals surface area contributed by atoms with Crippen molar-refractivity contribution in [2.45, 2.75) is 26.4 Å². The highest BCUT2D eigenvalue weighted by molar-refractivity contribution is 5.77. The Morgan fingerprint density at radius 1 is 1.38 bits per heavy atom. The summed E-state index contributed by atoms with van der Waals surface area (Å²) in [5.74, 6) is 1.81. The van der Waals surface area contributed by atoms with Crippen molar-refractivity contribution in [1.29, 1.82) is 0 Å². The van der Waals surface area contributed by atoms with Crippen molar-refractivity contribution in [3.8, 4) is 12.3 Å². The Hall–Kier alpha value is -1.74. The fraction of sp³-hybridized carbons (Fsp3) is 0.600. The second-order valence-electron chi connectivity index (χ2n) is 3.87. The van der Waals surface area contributed by atoms with Gasteiger partial charge >= 0.3 is 6.09 Å². The maximum atomic E-state index is 11.0. The number of carbonyl (C=O) groups excluding carboxylic acids is 2. The van der Waals surface area contributed by atoms with E-state index in [1.165, 1.54) is 0 Å². The third-order valence-electron chi connectivity index (χ3n) is 1.15. The number of amides is 2. The zero-order valence-electron chi connectivity index (χ0n) is 9.62. The first-order valence-electron chi connectivity index (χ1n) is 4.66. The number of hydrogen-bond acceptors (Lipinski definition) is 4. The molecule has 0 aromatic carbocycles. The lowest BCUT2D eigenvalue weighted by atomic mass is 10.2. The van der Waals surface area contributed by atoms with Crippen molar-refractivity contribution in [1.82, 2.24) is 10.8 Å². The van der Waals surface area contributed by atoms with Crippen LogP contribution >= 0.6 is 0 Å². The van der Waals surface area contributed by atoms with Gasteiger partial charge in [0.25, 0.3) is 0 Å². The summed E-state index contributed by atoms with van der Waals surface area (Å²) in [6, 6.07) is 0. The van der Waals surface area contributed by atoms with Gasteiger partial charge in [-0.2, -0.15) is 5.48 Å². The summed E-state index contributed by atoms with van der Waals surface area (Å²) < 4.78 is 4.86. The molecule has 2 N–H and O–H groups in total. The molecule has 0 rings (SSSR count). The Kier molecular flexibility index (Phi) is 5.96. The van der Waals surface area contributed by atoms with E-state index < -0.39 is 17.6 Å². The van der Waals surface area contributed by atoms with Crippen molar-refractivity contribution in [3.63, 3.8) is 0 Å². The SMILES string of the molecule is C#CCNC(=O)CONC(=O)OC(C)(C)C. The highest BCUT2D eigenvalue weighted by Gasteiger charge is 2.16. The Labute approximate surface area is 94.6 Å². The highest BCUT2D eigenvalue weighted by atomic mass is 16.7. The van der Waals surface area contributed by atoms with Crippen LogP contribution in [0.3, 0.4) is 0 Å². The minimum absolute atomic E-state index is 0.120. The van der Waals surface area contributed by atoms with Crippen LogP contribution in [0.4, 0.5) is 4.79 Å². The van der Waals surface area contributed by atoms with E-state index in [1.54, 1.807) is 20.8 Å². The van der Waals surface area contributed by atoms with Crippen molar-refractivity contribution in [2.24, 2.45) is 0 Å². The summed E-state index contributed by atoms with van der Waals surface area (Å²) in [6.45, 7) is 4.94. The minimum atomic E-state index is -0.753. The van der Waals surface area contributed by atoms with E-state index in [0.29, 0.717) is 0 Å². The molecule has 0 aliphatic rings. The quantitative estimate of drug-likeness (QED) is 0.532. The van der Waals surface area contributed by atoms with Crippen LogP contribution in [0.1, 0.15) is 20.8 Å². The summed E-state index contributed by atoms with van der Waals surface area (Å²) in [5.41, 5.74) is 1.36. The second kappa shape index (κ2) is 6.69. The Morgan fingerprint density at radius 2 is 2.00 bits per heavy atom. The molecular weight excluding hydrogens is 212 g/mol. The lowest BCUT2D eigenvalue weighted by Crippen LogP contribution is -2.36. The Balaban J connectivity index is 3.63. The molecule has 0 saturated carbocycles. The van der Waals surface area contributed by atoms with Crippen LogP contribution in [0.15, 0.2) is 0 Å². The van der Waals surface area contributed by atoms with Crippen molar-refractivity contribution in [3.05, 3.63) is 0 Å². The molecule has 0 saturated heterocycles. The third-order valence-corrected chi connectivity index (χ3v) is 1.15. The molecule has 0 bridgehead atoms. The van der Waals surface area contributed by atoms with Crippen LogP contribution in [0.25, 0.3) is 0 Å². The number of carbonyl (C=O) groups is 2. The van der Waals surface area contributed by atoms with E-state index >= 15 is 0 Å². The number of ether oxygens (including phenoxy) is 1. The number of hydrogen-bond donors (Lipinski definition) is 2. The van der Waals surface area contributed by atoms with Gasteiger partial charge in [-0.05, 0) is 20.8 Å². The molecule has 0 aliphatic carbocycles. The third kappa shape index (κ3) is 8.84. The van der Waals surface area contributed by atoms with Gasteiger partial charge in [-0.25, -0.2) is 4.79 Å². The standard InChI is InChI=1S/C10H16N2O4/c1-5-6-11-8(13)7-15-12-9(14)16-10(2,3)4/h1H,6-7H2,2-4H3,(H,11,13)(H,12,14). The van der Waals surface area contributed by atoms with Gasteiger partial charge in [-0.15, -0.1) is 6.42 Å². The van der Waals surface area contributed by atoms with E-state index in [2.05, 4.69) is 16.1 Å². The topological polar surface area (TPSA) is 76.7 Å². The molecular formula is C10H16N2O4. The second-order valence-corrected chi connectivity index (χ2v) is 3.87. The largest absolute Gasteiger partial charge is 0.442 e. The summed E-state index contributed by atoms with van der Waals surface area (Å²) in [4.78, 5) is 26.6.